The van der Waals surface area contributed by atoms with Crippen molar-refractivity contribution in [3.8, 4) is 0 Å². The van der Waals surface area contributed by atoms with E-state index in [0.29, 0.717) is 18.7 Å². The number of nitro groups is 1. The van der Waals surface area contributed by atoms with E-state index in [1.807, 2.05) is 11.8 Å². The molecule has 0 atom stereocenters. The highest BCUT2D eigenvalue weighted by molar-refractivity contribution is 5.39. The van der Waals surface area contributed by atoms with Crippen LogP contribution in [0.25, 0.3) is 0 Å². The van der Waals surface area contributed by atoms with E-state index in [2.05, 4.69) is 0 Å². The van der Waals surface area contributed by atoms with Gasteiger partial charge in [0.15, 0.2) is 0 Å². The van der Waals surface area contributed by atoms with Crippen molar-refractivity contribution in [2.45, 2.75) is 32.9 Å². The lowest BCUT2D eigenvalue weighted by atomic mass is 10.1. The number of rotatable bonds is 6. The zero-order valence-corrected chi connectivity index (χ0v) is 11.1. The molecular weight excluding hydrogens is 232 g/mol. The Morgan fingerprint density at radius 3 is 2.50 bits per heavy atom. The number of benzene rings is 1. The molecule has 0 radical (unpaired) electrons. The quantitative estimate of drug-likeness (QED) is 0.622. The summed E-state index contributed by atoms with van der Waals surface area (Å²) in [6.45, 7) is 7.12. The van der Waals surface area contributed by atoms with Gasteiger partial charge in [-0.3, -0.25) is 15.0 Å². The first-order valence-electron chi connectivity index (χ1n) is 6.00. The lowest BCUT2D eigenvalue weighted by molar-refractivity contribution is -0.385. The summed E-state index contributed by atoms with van der Waals surface area (Å²) < 4.78 is 0. The van der Waals surface area contributed by atoms with Crippen molar-refractivity contribution in [3.63, 3.8) is 0 Å². The van der Waals surface area contributed by atoms with Gasteiger partial charge in [0.2, 0.25) is 0 Å². The second-order valence-corrected chi connectivity index (χ2v) is 5.00. The molecule has 1 aromatic rings. The van der Waals surface area contributed by atoms with Gasteiger partial charge in [-0.25, -0.2) is 0 Å². The summed E-state index contributed by atoms with van der Waals surface area (Å²) in [5, 5.41) is 20.7. The molecule has 0 aromatic heterocycles. The van der Waals surface area contributed by atoms with Gasteiger partial charge >= 0.3 is 0 Å². The highest BCUT2D eigenvalue weighted by atomic mass is 16.6. The predicted molar refractivity (Wildman–Crippen MR) is 70.3 cm³/mol. The van der Waals surface area contributed by atoms with Crippen LogP contribution in [0.2, 0.25) is 0 Å². The van der Waals surface area contributed by atoms with Crippen LogP contribution >= 0.6 is 0 Å². The fourth-order valence-corrected chi connectivity index (χ4v) is 1.89. The maximum atomic E-state index is 10.9. The summed E-state index contributed by atoms with van der Waals surface area (Å²) in [6.07, 6.45) is 0. The van der Waals surface area contributed by atoms with Crippen LogP contribution in [0.3, 0.4) is 0 Å². The second-order valence-electron chi connectivity index (χ2n) is 5.00. The molecule has 0 unspecified atom stereocenters. The molecule has 0 aliphatic rings. The topological polar surface area (TPSA) is 66.6 Å². The van der Waals surface area contributed by atoms with Crippen LogP contribution in [0.1, 0.15) is 26.3 Å². The Labute approximate surface area is 107 Å². The van der Waals surface area contributed by atoms with Crippen molar-refractivity contribution in [1.29, 1.82) is 0 Å². The maximum absolute atomic E-state index is 10.9. The van der Waals surface area contributed by atoms with Gasteiger partial charge in [0, 0.05) is 24.7 Å². The molecule has 0 spiro atoms. The molecule has 0 bridgehead atoms. The largest absolute Gasteiger partial charge is 0.389 e. The minimum absolute atomic E-state index is 0.131. The molecule has 0 amide bonds. The van der Waals surface area contributed by atoms with Crippen LogP contribution in [-0.4, -0.2) is 33.6 Å². The summed E-state index contributed by atoms with van der Waals surface area (Å²) in [4.78, 5) is 12.5. The van der Waals surface area contributed by atoms with Gasteiger partial charge in [0.25, 0.3) is 5.69 Å². The van der Waals surface area contributed by atoms with Gasteiger partial charge in [-0.2, -0.15) is 0 Å². The van der Waals surface area contributed by atoms with E-state index >= 15 is 0 Å². The zero-order chi connectivity index (χ0) is 13.8. The minimum atomic E-state index is -0.806. The molecule has 100 valence electrons. The molecule has 5 nitrogen and oxygen atoms in total. The Morgan fingerprint density at radius 2 is 2.00 bits per heavy atom. The molecule has 0 aliphatic heterocycles. The first kappa shape index (κ1) is 14.6. The first-order chi connectivity index (χ1) is 8.33. The Hall–Kier alpha value is -1.46. The monoisotopic (exact) mass is 252 g/mol. The molecular formula is C13H20N2O3. The molecule has 18 heavy (non-hydrogen) atoms. The van der Waals surface area contributed by atoms with Crippen molar-refractivity contribution in [1.82, 2.24) is 4.90 Å². The van der Waals surface area contributed by atoms with Crippen molar-refractivity contribution in [2.75, 3.05) is 13.1 Å². The van der Waals surface area contributed by atoms with Crippen LogP contribution in [-0.2, 0) is 6.54 Å². The SMILES string of the molecule is CCN(Cc1ccccc1[N+](=O)[O-])CC(C)(C)O. The standard InChI is InChI=1S/C13H20N2O3/c1-4-14(10-13(2,3)16)9-11-7-5-6-8-12(11)15(17)18/h5-8,16H,4,9-10H2,1-3H3. The molecule has 0 saturated carbocycles. The van der Waals surface area contributed by atoms with E-state index in [9.17, 15) is 15.2 Å². The van der Waals surface area contributed by atoms with Crippen LogP contribution in [0.5, 0.6) is 0 Å². The Kier molecular flexibility index (Phi) is 4.81. The van der Waals surface area contributed by atoms with E-state index in [1.54, 1.807) is 32.0 Å². The summed E-state index contributed by atoms with van der Waals surface area (Å²) in [5.41, 5.74) is -0.000152. The average molecular weight is 252 g/mol. The highest BCUT2D eigenvalue weighted by Crippen LogP contribution is 2.20. The van der Waals surface area contributed by atoms with Gasteiger partial charge < -0.3 is 5.11 Å². The molecule has 0 heterocycles. The van der Waals surface area contributed by atoms with Gasteiger partial charge in [0.1, 0.15) is 0 Å². The smallest absolute Gasteiger partial charge is 0.273 e. The molecule has 1 aromatic carbocycles. The fraction of sp³-hybridized carbons (Fsp3) is 0.538. The third-order valence-electron chi connectivity index (χ3n) is 2.64. The maximum Gasteiger partial charge on any atom is 0.273 e. The first-order valence-corrected chi connectivity index (χ1v) is 6.00. The van der Waals surface area contributed by atoms with Crippen LogP contribution in [0.15, 0.2) is 24.3 Å². The molecule has 0 saturated heterocycles. The van der Waals surface area contributed by atoms with Crippen molar-refractivity contribution in [2.24, 2.45) is 0 Å². The summed E-state index contributed by atoms with van der Waals surface area (Å²) in [5.74, 6) is 0. The summed E-state index contributed by atoms with van der Waals surface area (Å²) in [7, 11) is 0. The second kappa shape index (κ2) is 5.93. The lowest BCUT2D eigenvalue weighted by Gasteiger charge is -2.27. The molecule has 1 rings (SSSR count). The molecule has 1 N–H and O–H groups in total. The van der Waals surface area contributed by atoms with Gasteiger partial charge in [0.05, 0.1) is 10.5 Å². The average Bonchev–Trinajstić information content (AvgIpc) is 2.26. The minimum Gasteiger partial charge on any atom is -0.389 e. The summed E-state index contributed by atoms with van der Waals surface area (Å²) >= 11 is 0. The van der Waals surface area contributed by atoms with Gasteiger partial charge in [-0.15, -0.1) is 0 Å². The Bertz CT molecular complexity index is 413. The highest BCUT2D eigenvalue weighted by Gasteiger charge is 2.20. The Balaban J connectivity index is 2.85. The number of nitrogens with zero attached hydrogens (tertiary/aromatic N) is 2. The van der Waals surface area contributed by atoms with E-state index in [1.165, 1.54) is 6.07 Å². The third kappa shape index (κ3) is 4.43. The van der Waals surface area contributed by atoms with Crippen LogP contribution in [0, 0.1) is 10.1 Å². The third-order valence-corrected chi connectivity index (χ3v) is 2.64. The number of para-hydroxylation sites is 1. The van der Waals surface area contributed by atoms with Gasteiger partial charge in [-0.1, -0.05) is 25.1 Å². The number of nitro benzene ring substituents is 1. The van der Waals surface area contributed by atoms with Gasteiger partial charge in [-0.05, 0) is 20.4 Å². The van der Waals surface area contributed by atoms with E-state index in [-0.39, 0.29) is 10.6 Å². The lowest BCUT2D eigenvalue weighted by Crippen LogP contribution is -2.38. The van der Waals surface area contributed by atoms with Crippen LogP contribution in [0.4, 0.5) is 5.69 Å². The zero-order valence-electron chi connectivity index (χ0n) is 11.1. The fourth-order valence-electron chi connectivity index (χ4n) is 1.89. The normalized spacial score (nSPS) is 11.8. The predicted octanol–water partition coefficient (Wildman–Crippen LogP) is 2.19. The number of hydrogen-bond donors (Lipinski definition) is 1. The number of aliphatic hydroxyl groups is 1. The number of likely N-dealkylation sites (N-methyl/N-ethyl adjacent to an activating group) is 1. The molecule has 0 fully saturated rings. The Morgan fingerprint density at radius 1 is 1.39 bits per heavy atom. The van der Waals surface area contributed by atoms with Crippen molar-refractivity contribution >= 4 is 5.69 Å². The molecule has 0 aliphatic carbocycles. The molecule has 5 heteroatoms. The van der Waals surface area contributed by atoms with E-state index in [0.717, 1.165) is 6.54 Å². The van der Waals surface area contributed by atoms with E-state index in [4.69, 9.17) is 0 Å². The van der Waals surface area contributed by atoms with Crippen LogP contribution < -0.4 is 0 Å². The van der Waals surface area contributed by atoms with E-state index < -0.39 is 5.60 Å². The van der Waals surface area contributed by atoms with Crippen molar-refractivity contribution < 1.29 is 10.0 Å². The van der Waals surface area contributed by atoms with Crippen molar-refractivity contribution in [3.05, 3.63) is 39.9 Å². The summed E-state index contributed by atoms with van der Waals surface area (Å²) in [6, 6.07) is 6.71. The number of hydrogen-bond acceptors (Lipinski definition) is 4.